The zero-order valence-corrected chi connectivity index (χ0v) is 8.31. The van der Waals surface area contributed by atoms with E-state index in [0.717, 1.165) is 11.1 Å². The highest BCUT2D eigenvalue weighted by atomic mass is 16.1. The second-order valence-electron chi connectivity index (χ2n) is 3.35. The molecule has 0 atom stereocenters. The van der Waals surface area contributed by atoms with Crippen molar-refractivity contribution in [3.63, 3.8) is 0 Å². The number of benzene rings is 2. The van der Waals surface area contributed by atoms with E-state index in [0.29, 0.717) is 6.42 Å². The second-order valence-corrected chi connectivity index (χ2v) is 3.35. The first-order valence-corrected chi connectivity index (χ1v) is 4.90. The Bertz CT molecular complexity index is 431. The van der Waals surface area contributed by atoms with Crippen LogP contribution in [0.4, 0.5) is 0 Å². The molecule has 1 radical (unpaired) electrons. The van der Waals surface area contributed by atoms with Crippen LogP contribution in [0.25, 0.3) is 0 Å². The summed E-state index contributed by atoms with van der Waals surface area (Å²) in [7, 11) is 0. The average molecular weight is 195 g/mol. The molecule has 0 aliphatic heterocycles. The van der Waals surface area contributed by atoms with Crippen LogP contribution in [0.5, 0.6) is 0 Å². The van der Waals surface area contributed by atoms with E-state index in [9.17, 15) is 4.79 Å². The van der Waals surface area contributed by atoms with Gasteiger partial charge in [0.1, 0.15) is 0 Å². The summed E-state index contributed by atoms with van der Waals surface area (Å²) < 4.78 is 0. The topological polar surface area (TPSA) is 17.1 Å². The Kier molecular flexibility index (Phi) is 2.93. The van der Waals surface area contributed by atoms with Crippen LogP contribution >= 0.6 is 0 Å². The van der Waals surface area contributed by atoms with Gasteiger partial charge in [0.15, 0.2) is 5.78 Å². The van der Waals surface area contributed by atoms with E-state index in [2.05, 4.69) is 6.07 Å². The summed E-state index contributed by atoms with van der Waals surface area (Å²) in [4.78, 5) is 11.8. The Labute approximate surface area is 89.4 Å². The maximum atomic E-state index is 11.8. The van der Waals surface area contributed by atoms with Gasteiger partial charge < -0.3 is 0 Å². The minimum absolute atomic E-state index is 0.137. The average Bonchev–Trinajstić information content (AvgIpc) is 2.31. The molecular formula is C14H11O. The van der Waals surface area contributed by atoms with Crippen molar-refractivity contribution < 1.29 is 4.79 Å². The van der Waals surface area contributed by atoms with Crippen LogP contribution in [-0.4, -0.2) is 5.78 Å². The number of carbonyl (C=O) groups excluding carboxylic acids is 1. The van der Waals surface area contributed by atoms with Crippen LogP contribution < -0.4 is 0 Å². The van der Waals surface area contributed by atoms with E-state index >= 15 is 0 Å². The van der Waals surface area contributed by atoms with Gasteiger partial charge in [-0.1, -0.05) is 54.6 Å². The number of rotatable bonds is 3. The van der Waals surface area contributed by atoms with Crippen LogP contribution in [0.2, 0.25) is 0 Å². The van der Waals surface area contributed by atoms with Gasteiger partial charge in [-0.15, -0.1) is 0 Å². The molecule has 0 fully saturated rings. The molecule has 0 heterocycles. The molecule has 2 rings (SSSR count). The van der Waals surface area contributed by atoms with Crippen molar-refractivity contribution in [1.82, 2.24) is 0 Å². The van der Waals surface area contributed by atoms with Crippen LogP contribution in [0, 0.1) is 6.07 Å². The highest BCUT2D eigenvalue weighted by Crippen LogP contribution is 2.06. The molecule has 2 aromatic carbocycles. The lowest BCUT2D eigenvalue weighted by Gasteiger charge is -2.00. The van der Waals surface area contributed by atoms with Crippen molar-refractivity contribution in [3.05, 3.63) is 71.8 Å². The summed E-state index contributed by atoms with van der Waals surface area (Å²) >= 11 is 0. The van der Waals surface area contributed by atoms with Crippen molar-refractivity contribution in [2.75, 3.05) is 0 Å². The fraction of sp³-hybridized carbons (Fsp3) is 0.0714. The number of carbonyl (C=O) groups is 1. The van der Waals surface area contributed by atoms with E-state index < -0.39 is 0 Å². The first-order chi connectivity index (χ1) is 7.36. The zero-order chi connectivity index (χ0) is 10.5. The van der Waals surface area contributed by atoms with Crippen molar-refractivity contribution in [2.45, 2.75) is 6.42 Å². The SMILES string of the molecule is O=C(Cc1[c]cccc1)c1ccccc1. The molecule has 0 bridgehead atoms. The Morgan fingerprint density at radius 3 is 2.40 bits per heavy atom. The fourth-order valence-corrected chi connectivity index (χ4v) is 1.44. The summed E-state index contributed by atoms with van der Waals surface area (Å²) in [5.74, 6) is 0.137. The van der Waals surface area contributed by atoms with Gasteiger partial charge in [0.05, 0.1) is 0 Å². The highest BCUT2D eigenvalue weighted by molar-refractivity contribution is 5.97. The number of ketones is 1. The molecule has 0 aliphatic carbocycles. The van der Waals surface area contributed by atoms with E-state index in [1.165, 1.54) is 0 Å². The third kappa shape index (κ3) is 2.53. The zero-order valence-electron chi connectivity index (χ0n) is 8.31. The predicted molar refractivity (Wildman–Crippen MR) is 59.8 cm³/mol. The van der Waals surface area contributed by atoms with Gasteiger partial charge in [0.2, 0.25) is 0 Å². The molecule has 2 aromatic rings. The quantitative estimate of drug-likeness (QED) is 0.688. The second kappa shape index (κ2) is 4.56. The molecule has 0 aliphatic rings. The maximum absolute atomic E-state index is 11.8. The fourth-order valence-electron chi connectivity index (χ4n) is 1.44. The van der Waals surface area contributed by atoms with Crippen molar-refractivity contribution >= 4 is 5.78 Å². The van der Waals surface area contributed by atoms with E-state index in [4.69, 9.17) is 0 Å². The first kappa shape index (κ1) is 9.66. The van der Waals surface area contributed by atoms with Gasteiger partial charge in [-0.2, -0.15) is 0 Å². The molecule has 0 aromatic heterocycles. The van der Waals surface area contributed by atoms with Crippen LogP contribution in [-0.2, 0) is 6.42 Å². The van der Waals surface area contributed by atoms with E-state index in [1.807, 2.05) is 54.6 Å². The lowest BCUT2D eigenvalue weighted by Crippen LogP contribution is -2.02. The number of hydrogen-bond acceptors (Lipinski definition) is 1. The number of hydrogen-bond donors (Lipinski definition) is 0. The van der Waals surface area contributed by atoms with E-state index in [-0.39, 0.29) is 5.78 Å². The first-order valence-electron chi connectivity index (χ1n) is 4.90. The van der Waals surface area contributed by atoms with Crippen LogP contribution in [0.3, 0.4) is 0 Å². The maximum Gasteiger partial charge on any atom is 0.167 e. The Hall–Kier alpha value is -1.89. The summed E-state index contributed by atoms with van der Waals surface area (Å²) in [5, 5.41) is 0. The molecule has 0 unspecified atom stereocenters. The summed E-state index contributed by atoms with van der Waals surface area (Å²) in [6.07, 6.45) is 0.421. The lowest BCUT2D eigenvalue weighted by atomic mass is 10.0. The molecule has 0 saturated heterocycles. The molecule has 0 spiro atoms. The van der Waals surface area contributed by atoms with Crippen molar-refractivity contribution in [3.8, 4) is 0 Å². The minimum atomic E-state index is 0.137. The number of Topliss-reactive ketones (excluding diaryl/α,β-unsaturated/α-hetero) is 1. The van der Waals surface area contributed by atoms with Gasteiger partial charge >= 0.3 is 0 Å². The summed E-state index contributed by atoms with van der Waals surface area (Å²) in [6.45, 7) is 0. The van der Waals surface area contributed by atoms with Crippen molar-refractivity contribution in [2.24, 2.45) is 0 Å². The molecule has 0 amide bonds. The molecule has 73 valence electrons. The van der Waals surface area contributed by atoms with Gasteiger partial charge in [0, 0.05) is 12.0 Å². The van der Waals surface area contributed by atoms with Gasteiger partial charge in [-0.3, -0.25) is 4.79 Å². The molecule has 1 nitrogen and oxygen atoms in total. The van der Waals surface area contributed by atoms with Crippen LogP contribution in [0.1, 0.15) is 15.9 Å². The Morgan fingerprint density at radius 2 is 1.73 bits per heavy atom. The third-order valence-corrected chi connectivity index (χ3v) is 2.22. The smallest absolute Gasteiger partial charge is 0.167 e. The normalized spacial score (nSPS) is 9.87. The lowest BCUT2D eigenvalue weighted by molar-refractivity contribution is 0.0993. The predicted octanol–water partition coefficient (Wildman–Crippen LogP) is 2.91. The monoisotopic (exact) mass is 195 g/mol. The minimum Gasteiger partial charge on any atom is -0.294 e. The largest absolute Gasteiger partial charge is 0.294 e. The van der Waals surface area contributed by atoms with Gasteiger partial charge in [-0.05, 0) is 11.6 Å². The molecular weight excluding hydrogens is 184 g/mol. The Morgan fingerprint density at radius 1 is 1.00 bits per heavy atom. The highest BCUT2D eigenvalue weighted by Gasteiger charge is 2.05. The molecule has 0 saturated carbocycles. The van der Waals surface area contributed by atoms with Gasteiger partial charge in [-0.25, -0.2) is 0 Å². The van der Waals surface area contributed by atoms with Crippen molar-refractivity contribution in [1.29, 1.82) is 0 Å². The summed E-state index contributed by atoms with van der Waals surface area (Å²) in [5.41, 5.74) is 1.70. The summed E-state index contributed by atoms with van der Waals surface area (Å²) in [6, 6.07) is 20.0. The van der Waals surface area contributed by atoms with Gasteiger partial charge in [0.25, 0.3) is 0 Å². The third-order valence-electron chi connectivity index (χ3n) is 2.22. The molecule has 0 N–H and O–H groups in total. The van der Waals surface area contributed by atoms with Crippen LogP contribution in [0.15, 0.2) is 54.6 Å². The standard InChI is InChI=1S/C14H11O/c15-14(13-9-5-2-6-10-13)11-12-7-3-1-4-8-12/h1-7,9-10H,11H2. The molecule has 15 heavy (non-hydrogen) atoms. The molecule has 1 heteroatoms. The van der Waals surface area contributed by atoms with E-state index in [1.54, 1.807) is 0 Å². The Balaban J connectivity index is 2.12.